The van der Waals surface area contributed by atoms with Crippen molar-refractivity contribution < 1.29 is 19.1 Å². The lowest BCUT2D eigenvalue weighted by molar-refractivity contribution is -0.126. The molecule has 0 aromatic heterocycles. The molecule has 1 aromatic carbocycles. The third-order valence-electron chi connectivity index (χ3n) is 5.88. The van der Waals surface area contributed by atoms with E-state index in [4.69, 9.17) is 4.74 Å². The summed E-state index contributed by atoms with van der Waals surface area (Å²) < 4.78 is 5.27. The maximum Gasteiger partial charge on any atom is 0.321 e. The second-order valence-electron chi connectivity index (χ2n) is 8.11. The number of carbonyl (C=O) groups excluding carboxylic acids is 3. The van der Waals surface area contributed by atoms with Crippen molar-refractivity contribution in [2.75, 3.05) is 51.3 Å². The third-order valence-corrected chi connectivity index (χ3v) is 5.88. The van der Waals surface area contributed by atoms with E-state index in [-0.39, 0.29) is 23.8 Å². The van der Waals surface area contributed by atoms with E-state index in [1.165, 1.54) is 0 Å². The Morgan fingerprint density at radius 3 is 2.52 bits per heavy atom. The molecule has 8 heteroatoms. The number of piperidine rings is 1. The van der Waals surface area contributed by atoms with Crippen LogP contribution >= 0.6 is 0 Å². The van der Waals surface area contributed by atoms with E-state index in [0.717, 1.165) is 32.4 Å². The molecule has 0 saturated carbocycles. The zero-order valence-electron chi connectivity index (χ0n) is 18.4. The van der Waals surface area contributed by atoms with Crippen molar-refractivity contribution in [3.63, 3.8) is 0 Å². The standard InChI is InChI=1S/C23H34N4O4/c1-2-31-16-6-11-24-21(28)18-9-14-27(15-10-18)23(30)25-20-8-5-7-19(17-20)22(29)26-12-3-4-13-26/h5,7-8,17-18H,2-4,6,9-16H2,1H3,(H,24,28)(H,25,30). The summed E-state index contributed by atoms with van der Waals surface area (Å²) in [5.41, 5.74) is 1.21. The van der Waals surface area contributed by atoms with Crippen LogP contribution in [-0.4, -0.2) is 73.6 Å². The molecule has 0 radical (unpaired) electrons. The first-order chi connectivity index (χ1) is 15.1. The fraction of sp³-hybridized carbons (Fsp3) is 0.609. The number of hydrogen-bond donors (Lipinski definition) is 2. The molecule has 0 aliphatic carbocycles. The van der Waals surface area contributed by atoms with E-state index < -0.39 is 0 Å². The Kier molecular flexibility index (Phi) is 8.70. The number of benzene rings is 1. The first-order valence-corrected chi connectivity index (χ1v) is 11.4. The Labute approximate surface area is 184 Å². The Balaban J connectivity index is 1.43. The minimum absolute atomic E-state index is 0.0154. The molecule has 1 aromatic rings. The number of carbonyl (C=O) groups is 3. The predicted octanol–water partition coefficient (Wildman–Crippen LogP) is 2.71. The second-order valence-corrected chi connectivity index (χ2v) is 8.11. The number of rotatable bonds is 8. The number of amides is 4. The number of anilines is 1. The molecular formula is C23H34N4O4. The number of nitrogens with one attached hydrogen (secondary N) is 2. The molecule has 4 amide bonds. The topological polar surface area (TPSA) is 91.0 Å². The molecule has 2 heterocycles. The van der Waals surface area contributed by atoms with Gasteiger partial charge in [0.25, 0.3) is 5.91 Å². The van der Waals surface area contributed by atoms with E-state index in [2.05, 4.69) is 10.6 Å². The van der Waals surface area contributed by atoms with Gasteiger partial charge in [-0.05, 0) is 57.2 Å². The van der Waals surface area contributed by atoms with Crippen LogP contribution < -0.4 is 10.6 Å². The molecule has 2 fully saturated rings. The molecule has 2 aliphatic heterocycles. The first kappa shape index (κ1) is 23.1. The van der Waals surface area contributed by atoms with Gasteiger partial charge in [0.05, 0.1) is 0 Å². The molecule has 0 unspecified atom stereocenters. The van der Waals surface area contributed by atoms with Gasteiger partial charge in [0, 0.05) is 63.1 Å². The third kappa shape index (κ3) is 6.69. The zero-order valence-corrected chi connectivity index (χ0v) is 18.4. The van der Waals surface area contributed by atoms with Gasteiger partial charge in [0.1, 0.15) is 0 Å². The number of ether oxygens (including phenoxy) is 1. The van der Waals surface area contributed by atoms with E-state index in [1.54, 1.807) is 29.2 Å². The molecule has 31 heavy (non-hydrogen) atoms. The lowest BCUT2D eigenvalue weighted by atomic mass is 9.96. The van der Waals surface area contributed by atoms with Gasteiger partial charge < -0.3 is 25.2 Å². The van der Waals surface area contributed by atoms with Gasteiger partial charge in [-0.3, -0.25) is 9.59 Å². The Bertz CT molecular complexity index is 756. The zero-order chi connectivity index (χ0) is 22.1. The molecule has 2 aliphatic rings. The average Bonchev–Trinajstić information content (AvgIpc) is 3.33. The fourth-order valence-electron chi connectivity index (χ4n) is 4.05. The van der Waals surface area contributed by atoms with Gasteiger partial charge in [-0.1, -0.05) is 6.07 Å². The Morgan fingerprint density at radius 1 is 1.06 bits per heavy atom. The molecule has 0 spiro atoms. The lowest BCUT2D eigenvalue weighted by Crippen LogP contribution is -2.44. The number of likely N-dealkylation sites (tertiary alicyclic amines) is 2. The minimum Gasteiger partial charge on any atom is -0.382 e. The number of nitrogens with zero attached hydrogens (tertiary/aromatic N) is 2. The van der Waals surface area contributed by atoms with Crippen molar-refractivity contribution in [3.8, 4) is 0 Å². The molecule has 3 rings (SSSR count). The van der Waals surface area contributed by atoms with Gasteiger partial charge >= 0.3 is 6.03 Å². The summed E-state index contributed by atoms with van der Waals surface area (Å²) in [4.78, 5) is 41.1. The minimum atomic E-state index is -0.193. The highest BCUT2D eigenvalue weighted by Crippen LogP contribution is 2.20. The number of hydrogen-bond acceptors (Lipinski definition) is 4. The van der Waals surface area contributed by atoms with Crippen molar-refractivity contribution in [2.45, 2.75) is 39.0 Å². The smallest absolute Gasteiger partial charge is 0.321 e. The van der Waals surface area contributed by atoms with E-state index in [9.17, 15) is 14.4 Å². The summed E-state index contributed by atoms with van der Waals surface area (Å²) in [6.45, 7) is 6.58. The summed E-state index contributed by atoms with van der Waals surface area (Å²) in [5, 5.41) is 5.86. The summed E-state index contributed by atoms with van der Waals surface area (Å²) in [7, 11) is 0. The maximum absolute atomic E-state index is 12.7. The highest BCUT2D eigenvalue weighted by Gasteiger charge is 2.27. The van der Waals surface area contributed by atoms with E-state index in [1.807, 2.05) is 11.8 Å². The van der Waals surface area contributed by atoms with Crippen molar-refractivity contribution in [3.05, 3.63) is 29.8 Å². The van der Waals surface area contributed by atoms with Crippen LogP contribution in [0.5, 0.6) is 0 Å². The van der Waals surface area contributed by atoms with Gasteiger partial charge in [-0.15, -0.1) is 0 Å². The predicted molar refractivity (Wildman–Crippen MR) is 119 cm³/mol. The van der Waals surface area contributed by atoms with Crippen molar-refractivity contribution in [1.82, 2.24) is 15.1 Å². The molecule has 170 valence electrons. The van der Waals surface area contributed by atoms with Crippen LogP contribution in [0, 0.1) is 5.92 Å². The van der Waals surface area contributed by atoms with Crippen LogP contribution in [0.4, 0.5) is 10.5 Å². The maximum atomic E-state index is 12.7. The summed E-state index contributed by atoms with van der Waals surface area (Å²) in [6.07, 6.45) is 4.20. The molecule has 0 atom stereocenters. The fourth-order valence-corrected chi connectivity index (χ4v) is 4.05. The molecule has 8 nitrogen and oxygen atoms in total. The number of urea groups is 1. The summed E-state index contributed by atoms with van der Waals surface area (Å²) in [6, 6.07) is 6.92. The van der Waals surface area contributed by atoms with Crippen LogP contribution in [0.25, 0.3) is 0 Å². The van der Waals surface area contributed by atoms with Crippen LogP contribution in [0.1, 0.15) is 49.4 Å². The van der Waals surface area contributed by atoms with Crippen LogP contribution in [0.15, 0.2) is 24.3 Å². The Morgan fingerprint density at radius 2 is 1.81 bits per heavy atom. The van der Waals surface area contributed by atoms with Crippen molar-refractivity contribution in [2.24, 2.45) is 5.92 Å². The molecule has 0 bridgehead atoms. The van der Waals surface area contributed by atoms with Crippen LogP contribution in [-0.2, 0) is 9.53 Å². The monoisotopic (exact) mass is 430 g/mol. The molecular weight excluding hydrogens is 396 g/mol. The van der Waals surface area contributed by atoms with E-state index >= 15 is 0 Å². The van der Waals surface area contributed by atoms with Gasteiger partial charge in [-0.2, -0.15) is 0 Å². The first-order valence-electron chi connectivity index (χ1n) is 11.4. The van der Waals surface area contributed by atoms with Gasteiger partial charge in [0.2, 0.25) is 5.91 Å². The highest BCUT2D eigenvalue weighted by atomic mass is 16.5. The van der Waals surface area contributed by atoms with Crippen LogP contribution in [0.3, 0.4) is 0 Å². The van der Waals surface area contributed by atoms with Gasteiger partial charge in [0.15, 0.2) is 0 Å². The average molecular weight is 431 g/mol. The summed E-state index contributed by atoms with van der Waals surface area (Å²) in [5.74, 6) is 0.0175. The highest BCUT2D eigenvalue weighted by molar-refractivity contribution is 5.97. The molecule has 2 saturated heterocycles. The largest absolute Gasteiger partial charge is 0.382 e. The van der Waals surface area contributed by atoms with Gasteiger partial charge in [-0.25, -0.2) is 4.79 Å². The SMILES string of the molecule is CCOCCCNC(=O)C1CCN(C(=O)Nc2cccc(C(=O)N3CCCC3)c2)CC1. The normalized spacial score (nSPS) is 16.9. The lowest BCUT2D eigenvalue weighted by Gasteiger charge is -2.31. The summed E-state index contributed by atoms with van der Waals surface area (Å²) >= 11 is 0. The quantitative estimate of drug-likeness (QED) is 0.621. The molecule has 2 N–H and O–H groups in total. The van der Waals surface area contributed by atoms with Crippen molar-refractivity contribution >= 4 is 23.5 Å². The van der Waals surface area contributed by atoms with Crippen molar-refractivity contribution in [1.29, 1.82) is 0 Å². The van der Waals surface area contributed by atoms with E-state index in [0.29, 0.717) is 56.9 Å². The Hall–Kier alpha value is -2.61. The van der Waals surface area contributed by atoms with Crippen LogP contribution in [0.2, 0.25) is 0 Å². The second kappa shape index (κ2) is 11.7.